The van der Waals surface area contributed by atoms with Crippen LogP contribution >= 0.6 is 15.9 Å². The summed E-state index contributed by atoms with van der Waals surface area (Å²) in [5, 5.41) is 3.27. The zero-order chi connectivity index (χ0) is 13.8. The second-order valence-electron chi connectivity index (χ2n) is 5.65. The number of hydrogen-bond donors (Lipinski definition) is 1. The predicted molar refractivity (Wildman–Crippen MR) is 81.9 cm³/mol. The Bertz CT molecular complexity index is 421. The lowest BCUT2D eigenvalue weighted by molar-refractivity contribution is 0.225. The Hall–Kier alpha value is -0.410. The van der Waals surface area contributed by atoms with Gasteiger partial charge in [0, 0.05) is 0 Å². The molecule has 3 atom stereocenters. The lowest BCUT2D eigenvalue weighted by Gasteiger charge is -2.36. The summed E-state index contributed by atoms with van der Waals surface area (Å²) < 4.78 is 15.0. The van der Waals surface area contributed by atoms with Crippen LogP contribution in [0.25, 0.3) is 0 Å². The first kappa shape index (κ1) is 15.0. The van der Waals surface area contributed by atoms with E-state index in [0.717, 1.165) is 24.4 Å². The maximum atomic E-state index is 14.4. The first-order valence-corrected chi connectivity index (χ1v) is 8.05. The molecule has 0 amide bonds. The highest BCUT2D eigenvalue weighted by atomic mass is 79.9. The van der Waals surface area contributed by atoms with Crippen LogP contribution in [0.1, 0.15) is 44.1 Å². The van der Waals surface area contributed by atoms with Crippen LogP contribution in [-0.2, 0) is 0 Å². The minimum Gasteiger partial charge on any atom is -0.319 e. The molecule has 0 aliphatic heterocycles. The molecule has 1 fully saturated rings. The molecule has 0 aromatic heterocycles. The molecule has 3 unspecified atom stereocenters. The molecule has 0 heterocycles. The SMILES string of the molecule is CCC1CCC(CNC)C(c2cccc(Br)c2F)C1. The summed E-state index contributed by atoms with van der Waals surface area (Å²) in [6.45, 7) is 3.23. The van der Waals surface area contributed by atoms with E-state index in [4.69, 9.17) is 0 Å². The van der Waals surface area contributed by atoms with Gasteiger partial charge in [0.1, 0.15) is 5.82 Å². The fourth-order valence-corrected chi connectivity index (χ4v) is 3.77. The molecule has 1 aromatic carbocycles. The van der Waals surface area contributed by atoms with E-state index in [0.29, 0.717) is 16.3 Å². The molecule has 1 aromatic rings. The van der Waals surface area contributed by atoms with Crippen LogP contribution < -0.4 is 5.32 Å². The molecular weight excluding hydrogens is 305 g/mol. The summed E-state index contributed by atoms with van der Waals surface area (Å²) in [7, 11) is 1.99. The molecule has 1 saturated carbocycles. The highest BCUT2D eigenvalue weighted by molar-refractivity contribution is 9.10. The van der Waals surface area contributed by atoms with E-state index in [1.807, 2.05) is 19.2 Å². The van der Waals surface area contributed by atoms with Gasteiger partial charge in [-0.05, 0) is 71.7 Å². The van der Waals surface area contributed by atoms with Gasteiger partial charge in [-0.15, -0.1) is 0 Å². The fourth-order valence-electron chi connectivity index (χ4n) is 3.39. The number of benzene rings is 1. The van der Waals surface area contributed by atoms with Crippen molar-refractivity contribution in [3.63, 3.8) is 0 Å². The molecule has 0 saturated heterocycles. The van der Waals surface area contributed by atoms with Crippen molar-refractivity contribution in [3.05, 3.63) is 34.1 Å². The third kappa shape index (κ3) is 3.38. The molecule has 19 heavy (non-hydrogen) atoms. The molecule has 2 rings (SSSR count). The quantitative estimate of drug-likeness (QED) is 0.843. The van der Waals surface area contributed by atoms with Crippen LogP contribution in [0, 0.1) is 17.7 Å². The number of rotatable bonds is 4. The van der Waals surface area contributed by atoms with E-state index >= 15 is 0 Å². The van der Waals surface area contributed by atoms with Crippen molar-refractivity contribution in [2.24, 2.45) is 11.8 Å². The lowest BCUT2D eigenvalue weighted by atomic mass is 9.70. The smallest absolute Gasteiger partial charge is 0.140 e. The van der Waals surface area contributed by atoms with E-state index in [1.165, 1.54) is 19.3 Å². The van der Waals surface area contributed by atoms with Crippen molar-refractivity contribution in [3.8, 4) is 0 Å². The number of nitrogens with one attached hydrogen (secondary N) is 1. The monoisotopic (exact) mass is 327 g/mol. The molecule has 0 radical (unpaired) electrons. The summed E-state index contributed by atoms with van der Waals surface area (Å²) in [4.78, 5) is 0. The lowest BCUT2D eigenvalue weighted by Crippen LogP contribution is -2.31. The van der Waals surface area contributed by atoms with Gasteiger partial charge in [0.05, 0.1) is 4.47 Å². The van der Waals surface area contributed by atoms with E-state index in [2.05, 4.69) is 28.2 Å². The molecule has 1 N–H and O–H groups in total. The largest absolute Gasteiger partial charge is 0.319 e. The minimum absolute atomic E-state index is 0.0645. The van der Waals surface area contributed by atoms with Crippen molar-refractivity contribution in [1.29, 1.82) is 0 Å². The normalized spacial score (nSPS) is 27.5. The van der Waals surface area contributed by atoms with Gasteiger partial charge in [-0.1, -0.05) is 31.9 Å². The third-order valence-electron chi connectivity index (χ3n) is 4.53. The van der Waals surface area contributed by atoms with Crippen molar-refractivity contribution >= 4 is 15.9 Å². The maximum absolute atomic E-state index is 14.4. The molecule has 3 heteroatoms. The summed E-state index contributed by atoms with van der Waals surface area (Å²) in [5.74, 6) is 1.59. The Balaban J connectivity index is 2.27. The van der Waals surface area contributed by atoms with Gasteiger partial charge in [0.25, 0.3) is 0 Å². The van der Waals surface area contributed by atoms with Gasteiger partial charge in [0.2, 0.25) is 0 Å². The topological polar surface area (TPSA) is 12.0 Å². The average molecular weight is 328 g/mol. The molecule has 1 aliphatic rings. The molecule has 1 aliphatic carbocycles. The van der Waals surface area contributed by atoms with E-state index in [1.54, 1.807) is 6.07 Å². The molecule has 0 spiro atoms. The van der Waals surface area contributed by atoms with Gasteiger partial charge in [-0.3, -0.25) is 0 Å². The highest BCUT2D eigenvalue weighted by Crippen LogP contribution is 2.43. The second-order valence-corrected chi connectivity index (χ2v) is 6.51. The Morgan fingerprint density at radius 1 is 1.37 bits per heavy atom. The Labute approximate surface area is 124 Å². The Morgan fingerprint density at radius 2 is 2.16 bits per heavy atom. The standard InChI is InChI=1S/C16H23BrFN/c1-3-11-7-8-12(10-19-2)14(9-11)13-5-4-6-15(17)16(13)18/h4-6,11-12,14,19H,3,7-10H2,1-2H3. The Morgan fingerprint density at radius 3 is 2.84 bits per heavy atom. The van der Waals surface area contributed by atoms with Crippen molar-refractivity contribution in [2.75, 3.05) is 13.6 Å². The molecule has 0 bridgehead atoms. The summed E-state index contributed by atoms with van der Waals surface area (Å²) in [6, 6.07) is 5.70. The van der Waals surface area contributed by atoms with Crippen LogP contribution in [0.5, 0.6) is 0 Å². The average Bonchev–Trinajstić information content (AvgIpc) is 2.43. The zero-order valence-electron chi connectivity index (χ0n) is 11.8. The van der Waals surface area contributed by atoms with Crippen LogP contribution in [0.15, 0.2) is 22.7 Å². The van der Waals surface area contributed by atoms with Crippen LogP contribution in [-0.4, -0.2) is 13.6 Å². The van der Waals surface area contributed by atoms with Gasteiger partial charge in [-0.25, -0.2) is 4.39 Å². The van der Waals surface area contributed by atoms with E-state index in [9.17, 15) is 4.39 Å². The van der Waals surface area contributed by atoms with Crippen molar-refractivity contribution in [2.45, 2.75) is 38.5 Å². The van der Waals surface area contributed by atoms with Crippen LogP contribution in [0.3, 0.4) is 0 Å². The minimum atomic E-state index is -0.0645. The van der Waals surface area contributed by atoms with Crippen molar-refractivity contribution < 1.29 is 4.39 Å². The zero-order valence-corrected chi connectivity index (χ0v) is 13.3. The number of hydrogen-bond acceptors (Lipinski definition) is 1. The van der Waals surface area contributed by atoms with E-state index in [-0.39, 0.29) is 5.82 Å². The summed E-state index contributed by atoms with van der Waals surface area (Å²) in [5.41, 5.74) is 0.896. The number of halogens is 2. The fraction of sp³-hybridized carbons (Fsp3) is 0.625. The maximum Gasteiger partial charge on any atom is 0.140 e. The first-order chi connectivity index (χ1) is 9.17. The Kier molecular flexibility index (Phi) is 5.40. The predicted octanol–water partition coefficient (Wildman–Crippen LogP) is 4.72. The molecule has 1 nitrogen and oxygen atoms in total. The third-order valence-corrected chi connectivity index (χ3v) is 5.14. The van der Waals surface area contributed by atoms with E-state index < -0.39 is 0 Å². The van der Waals surface area contributed by atoms with Crippen LogP contribution in [0.2, 0.25) is 0 Å². The second kappa shape index (κ2) is 6.85. The van der Waals surface area contributed by atoms with Crippen LogP contribution in [0.4, 0.5) is 4.39 Å². The molecular formula is C16H23BrFN. The molecule has 106 valence electrons. The van der Waals surface area contributed by atoms with Gasteiger partial charge < -0.3 is 5.32 Å². The summed E-state index contributed by atoms with van der Waals surface area (Å²) >= 11 is 3.31. The summed E-state index contributed by atoms with van der Waals surface area (Å²) in [6.07, 6.45) is 4.82. The first-order valence-electron chi connectivity index (χ1n) is 7.25. The van der Waals surface area contributed by atoms with Crippen molar-refractivity contribution in [1.82, 2.24) is 5.32 Å². The van der Waals surface area contributed by atoms with Gasteiger partial charge in [0.15, 0.2) is 0 Å². The highest BCUT2D eigenvalue weighted by Gasteiger charge is 2.32. The van der Waals surface area contributed by atoms with Gasteiger partial charge in [-0.2, -0.15) is 0 Å². The van der Waals surface area contributed by atoms with Gasteiger partial charge >= 0.3 is 0 Å².